The van der Waals surface area contributed by atoms with Crippen molar-refractivity contribution in [2.75, 3.05) is 19.0 Å². The van der Waals surface area contributed by atoms with Crippen molar-refractivity contribution in [3.05, 3.63) is 24.7 Å². The van der Waals surface area contributed by atoms with Gasteiger partial charge in [-0.1, -0.05) is 0 Å². The number of ether oxygens (including phenoxy) is 1. The molecule has 0 unspecified atom stereocenters. The first kappa shape index (κ1) is 11.7. The summed E-state index contributed by atoms with van der Waals surface area (Å²) in [6.45, 7) is 1.63. The Hall–Kier alpha value is -1.82. The van der Waals surface area contributed by atoms with Gasteiger partial charge in [0, 0.05) is 52.0 Å². The van der Waals surface area contributed by atoms with Gasteiger partial charge in [0.2, 0.25) is 5.95 Å². The number of nitrogens with one attached hydrogen (secondary N) is 1. The van der Waals surface area contributed by atoms with E-state index in [4.69, 9.17) is 4.74 Å². The Morgan fingerprint density at radius 1 is 1.41 bits per heavy atom. The number of imidazole rings is 1. The lowest BCUT2D eigenvalue weighted by molar-refractivity contribution is 0.190. The van der Waals surface area contributed by atoms with Gasteiger partial charge in [0.1, 0.15) is 0 Å². The number of hydrogen-bond acceptors (Lipinski definition) is 4. The molecule has 0 saturated heterocycles. The van der Waals surface area contributed by atoms with E-state index >= 15 is 0 Å². The van der Waals surface area contributed by atoms with Crippen LogP contribution < -0.4 is 5.32 Å². The molecule has 17 heavy (non-hydrogen) atoms. The average molecular weight is 235 g/mol. The molecule has 6 nitrogen and oxygen atoms in total. The Labute approximate surface area is 100 Å². The van der Waals surface area contributed by atoms with Gasteiger partial charge in [-0.2, -0.15) is 5.10 Å². The van der Waals surface area contributed by atoms with Crippen LogP contribution in [0.1, 0.15) is 6.42 Å². The van der Waals surface area contributed by atoms with Gasteiger partial charge in [-0.3, -0.25) is 4.68 Å². The molecule has 0 aliphatic rings. The highest BCUT2D eigenvalue weighted by Crippen LogP contribution is 2.12. The van der Waals surface area contributed by atoms with E-state index in [2.05, 4.69) is 15.4 Å². The zero-order valence-electron chi connectivity index (χ0n) is 10.1. The number of methoxy groups -OCH3 is 1. The molecule has 2 aromatic rings. The molecule has 6 heteroatoms. The summed E-state index contributed by atoms with van der Waals surface area (Å²) in [6, 6.07) is 1.91. The van der Waals surface area contributed by atoms with Crippen LogP contribution in [0.25, 0.3) is 0 Å². The van der Waals surface area contributed by atoms with Crippen molar-refractivity contribution >= 4 is 11.8 Å². The first-order valence-corrected chi connectivity index (χ1v) is 5.56. The second-order valence-electron chi connectivity index (χ2n) is 3.79. The fourth-order valence-corrected chi connectivity index (χ4v) is 1.59. The summed E-state index contributed by atoms with van der Waals surface area (Å²) in [6.07, 6.45) is 6.57. The molecule has 0 amide bonds. The highest BCUT2D eigenvalue weighted by Gasteiger charge is 2.04. The summed E-state index contributed by atoms with van der Waals surface area (Å²) < 4.78 is 8.83. The van der Waals surface area contributed by atoms with E-state index in [0.717, 1.165) is 31.3 Å². The van der Waals surface area contributed by atoms with Gasteiger partial charge in [0.25, 0.3) is 0 Å². The van der Waals surface area contributed by atoms with Crippen molar-refractivity contribution in [1.29, 1.82) is 0 Å². The normalized spacial score (nSPS) is 10.7. The Bertz CT molecular complexity index is 462. The van der Waals surface area contributed by atoms with E-state index in [-0.39, 0.29) is 0 Å². The number of nitrogens with zero attached hydrogens (tertiary/aromatic N) is 4. The van der Waals surface area contributed by atoms with Crippen LogP contribution in [0.15, 0.2) is 24.7 Å². The van der Waals surface area contributed by atoms with Gasteiger partial charge in [0.15, 0.2) is 5.82 Å². The van der Waals surface area contributed by atoms with Crippen LogP contribution in [0.3, 0.4) is 0 Å². The van der Waals surface area contributed by atoms with Gasteiger partial charge in [-0.25, -0.2) is 4.98 Å². The fourth-order valence-electron chi connectivity index (χ4n) is 1.59. The topological polar surface area (TPSA) is 56.9 Å². The molecule has 0 spiro atoms. The maximum absolute atomic E-state index is 5.03. The van der Waals surface area contributed by atoms with E-state index in [1.807, 2.05) is 30.1 Å². The molecule has 92 valence electrons. The summed E-state index contributed by atoms with van der Waals surface area (Å²) in [5, 5.41) is 7.43. The maximum Gasteiger partial charge on any atom is 0.208 e. The Balaban J connectivity index is 1.98. The lowest BCUT2D eigenvalue weighted by Crippen LogP contribution is -2.05. The van der Waals surface area contributed by atoms with Crippen molar-refractivity contribution < 1.29 is 4.74 Å². The van der Waals surface area contributed by atoms with E-state index in [1.165, 1.54) is 0 Å². The molecule has 0 aliphatic heterocycles. The number of aryl methyl sites for hydroxylation is 2. The second-order valence-corrected chi connectivity index (χ2v) is 3.79. The van der Waals surface area contributed by atoms with Crippen LogP contribution >= 0.6 is 0 Å². The van der Waals surface area contributed by atoms with Gasteiger partial charge in [0.05, 0.1) is 0 Å². The highest BCUT2D eigenvalue weighted by atomic mass is 16.5. The lowest BCUT2D eigenvalue weighted by Gasteiger charge is -2.07. The van der Waals surface area contributed by atoms with Crippen molar-refractivity contribution in [3.63, 3.8) is 0 Å². The molecule has 0 aliphatic carbocycles. The van der Waals surface area contributed by atoms with Crippen molar-refractivity contribution in [2.45, 2.75) is 13.0 Å². The Morgan fingerprint density at radius 2 is 2.29 bits per heavy atom. The summed E-state index contributed by atoms with van der Waals surface area (Å²) in [5.74, 6) is 1.60. The summed E-state index contributed by atoms with van der Waals surface area (Å²) in [4.78, 5) is 4.26. The van der Waals surface area contributed by atoms with E-state index < -0.39 is 0 Å². The number of hydrogen-bond donors (Lipinski definition) is 1. The highest BCUT2D eigenvalue weighted by molar-refractivity contribution is 5.47. The smallest absolute Gasteiger partial charge is 0.208 e. The number of rotatable bonds is 6. The quantitative estimate of drug-likeness (QED) is 0.769. The molecule has 0 radical (unpaired) electrons. The summed E-state index contributed by atoms with van der Waals surface area (Å²) in [5.41, 5.74) is 0. The van der Waals surface area contributed by atoms with E-state index in [9.17, 15) is 0 Å². The van der Waals surface area contributed by atoms with Crippen LogP contribution in [0, 0.1) is 0 Å². The molecule has 0 fully saturated rings. The van der Waals surface area contributed by atoms with E-state index in [0.29, 0.717) is 0 Å². The van der Waals surface area contributed by atoms with Crippen LogP contribution in [0.4, 0.5) is 11.8 Å². The van der Waals surface area contributed by atoms with Crippen LogP contribution in [0.2, 0.25) is 0 Å². The molecule has 2 heterocycles. The molecule has 2 rings (SSSR count). The zero-order valence-corrected chi connectivity index (χ0v) is 10.1. The third-order valence-electron chi connectivity index (χ3n) is 2.42. The predicted octanol–water partition coefficient (Wildman–Crippen LogP) is 1.40. The maximum atomic E-state index is 5.03. The van der Waals surface area contributed by atoms with Gasteiger partial charge < -0.3 is 14.6 Å². The summed E-state index contributed by atoms with van der Waals surface area (Å²) in [7, 11) is 3.59. The third-order valence-corrected chi connectivity index (χ3v) is 2.42. The van der Waals surface area contributed by atoms with Crippen molar-refractivity contribution in [1.82, 2.24) is 19.3 Å². The Morgan fingerprint density at radius 3 is 3.00 bits per heavy atom. The molecule has 0 aromatic carbocycles. The van der Waals surface area contributed by atoms with Gasteiger partial charge in [-0.15, -0.1) is 0 Å². The monoisotopic (exact) mass is 235 g/mol. The predicted molar refractivity (Wildman–Crippen MR) is 65.2 cm³/mol. The van der Waals surface area contributed by atoms with Gasteiger partial charge in [-0.05, 0) is 6.42 Å². The number of aromatic nitrogens is 4. The first-order valence-electron chi connectivity index (χ1n) is 5.56. The molecular formula is C11H17N5O. The molecule has 0 atom stereocenters. The van der Waals surface area contributed by atoms with E-state index in [1.54, 1.807) is 18.0 Å². The third kappa shape index (κ3) is 3.07. The summed E-state index contributed by atoms with van der Waals surface area (Å²) >= 11 is 0. The fraction of sp³-hybridized carbons (Fsp3) is 0.455. The zero-order chi connectivity index (χ0) is 12.1. The van der Waals surface area contributed by atoms with Crippen LogP contribution in [-0.2, 0) is 18.3 Å². The van der Waals surface area contributed by atoms with Crippen LogP contribution in [-0.4, -0.2) is 33.0 Å². The van der Waals surface area contributed by atoms with Gasteiger partial charge >= 0.3 is 0 Å². The Kier molecular flexibility index (Phi) is 3.77. The SMILES string of the molecule is COCCCn1ccnc1Nc1ccn(C)n1. The molecule has 2 aromatic heterocycles. The second kappa shape index (κ2) is 5.49. The van der Waals surface area contributed by atoms with Crippen molar-refractivity contribution in [3.8, 4) is 0 Å². The van der Waals surface area contributed by atoms with Crippen molar-refractivity contribution in [2.24, 2.45) is 7.05 Å². The minimum Gasteiger partial charge on any atom is -0.385 e. The molecule has 0 saturated carbocycles. The largest absolute Gasteiger partial charge is 0.385 e. The standard InChI is InChI=1S/C11H17N5O/c1-15-7-4-10(14-15)13-11-12-5-8-16(11)6-3-9-17-2/h4-5,7-8H,3,6,9H2,1-2H3,(H,12,13,14). The molecular weight excluding hydrogens is 218 g/mol. The lowest BCUT2D eigenvalue weighted by atomic mass is 10.4. The first-order chi connectivity index (χ1) is 8.29. The number of anilines is 2. The molecule has 1 N–H and O–H groups in total. The average Bonchev–Trinajstić information content (AvgIpc) is 2.90. The minimum atomic E-state index is 0.751. The van der Waals surface area contributed by atoms with Crippen LogP contribution in [0.5, 0.6) is 0 Å². The molecule has 0 bridgehead atoms. The minimum absolute atomic E-state index is 0.751.